The number of sulfone groups is 1. The molecule has 2 rings (SSSR count). The number of aryl methyl sites for hydroxylation is 2. The van der Waals surface area contributed by atoms with Gasteiger partial charge in [-0.2, -0.15) is 5.10 Å². The maximum absolute atomic E-state index is 11.0. The smallest absolute Gasteiger partial charge is 0.150 e. The molecule has 0 spiro atoms. The molecule has 1 unspecified atom stereocenters. The van der Waals surface area contributed by atoms with Crippen molar-refractivity contribution < 1.29 is 8.42 Å². The van der Waals surface area contributed by atoms with Crippen molar-refractivity contribution in [3.05, 3.63) is 11.6 Å². The third-order valence-electron chi connectivity index (χ3n) is 3.12. The lowest BCUT2D eigenvalue weighted by molar-refractivity contribution is 0.365. The molecule has 1 atom stereocenters. The monoisotopic (exact) mass is 272 g/mol. The number of hydrogen-bond acceptors (Lipinski definition) is 5. The summed E-state index contributed by atoms with van der Waals surface area (Å²) in [5, 5.41) is 7.70. The van der Waals surface area contributed by atoms with Gasteiger partial charge in [0.05, 0.1) is 12.3 Å². The van der Waals surface area contributed by atoms with Crippen LogP contribution in [0.25, 0.3) is 0 Å². The summed E-state index contributed by atoms with van der Waals surface area (Å²) >= 11 is 0. The van der Waals surface area contributed by atoms with Gasteiger partial charge in [-0.1, -0.05) is 6.92 Å². The van der Waals surface area contributed by atoms with Crippen LogP contribution in [0.15, 0.2) is 0 Å². The van der Waals surface area contributed by atoms with E-state index in [0.29, 0.717) is 12.6 Å². The van der Waals surface area contributed by atoms with E-state index in [9.17, 15) is 8.42 Å². The number of nitrogens with zero attached hydrogens (tertiary/aromatic N) is 3. The Morgan fingerprint density at radius 2 is 2.28 bits per heavy atom. The Hall–Kier alpha value is -0.950. The molecular formula is C11H20N4O2S. The zero-order chi connectivity index (χ0) is 13.2. The highest BCUT2D eigenvalue weighted by Gasteiger charge is 2.20. The standard InChI is InChI=1S/C11H20N4O2S/c1-3-10-13-11-5-4-9(8-15(11)14-10)12-6-7-18(2,16)17/h9,12H,3-8H2,1-2H3. The predicted molar refractivity (Wildman–Crippen MR) is 69.2 cm³/mol. The van der Waals surface area contributed by atoms with Gasteiger partial charge in [-0.05, 0) is 6.42 Å². The Bertz CT molecular complexity index is 509. The molecule has 1 aromatic rings. The molecule has 1 aliphatic rings. The maximum atomic E-state index is 11.0. The fourth-order valence-corrected chi connectivity index (χ4v) is 2.61. The van der Waals surface area contributed by atoms with E-state index in [-0.39, 0.29) is 5.75 Å². The highest BCUT2D eigenvalue weighted by molar-refractivity contribution is 7.90. The second-order valence-electron chi connectivity index (χ2n) is 4.80. The van der Waals surface area contributed by atoms with Crippen LogP contribution in [0.4, 0.5) is 0 Å². The van der Waals surface area contributed by atoms with Gasteiger partial charge in [0.1, 0.15) is 15.7 Å². The summed E-state index contributed by atoms with van der Waals surface area (Å²) in [6, 6.07) is 0.297. The Kier molecular flexibility index (Phi) is 4.01. The van der Waals surface area contributed by atoms with Crippen molar-refractivity contribution in [1.29, 1.82) is 0 Å². The second kappa shape index (κ2) is 5.36. The van der Waals surface area contributed by atoms with Crippen LogP contribution in [0.2, 0.25) is 0 Å². The van der Waals surface area contributed by atoms with Crippen LogP contribution in [-0.4, -0.2) is 47.8 Å². The Morgan fingerprint density at radius 1 is 1.50 bits per heavy atom. The van der Waals surface area contributed by atoms with Crippen molar-refractivity contribution in [3.63, 3.8) is 0 Å². The van der Waals surface area contributed by atoms with Gasteiger partial charge >= 0.3 is 0 Å². The van der Waals surface area contributed by atoms with Crippen molar-refractivity contribution in [1.82, 2.24) is 20.1 Å². The van der Waals surface area contributed by atoms with E-state index in [1.807, 2.05) is 11.6 Å². The molecular weight excluding hydrogens is 252 g/mol. The average molecular weight is 272 g/mol. The zero-order valence-corrected chi connectivity index (χ0v) is 11.7. The minimum absolute atomic E-state index is 0.188. The van der Waals surface area contributed by atoms with Gasteiger partial charge in [-0.15, -0.1) is 0 Å². The summed E-state index contributed by atoms with van der Waals surface area (Å²) in [5.74, 6) is 2.13. The van der Waals surface area contributed by atoms with Crippen molar-refractivity contribution in [3.8, 4) is 0 Å². The molecule has 7 heteroatoms. The molecule has 0 radical (unpaired) electrons. The third-order valence-corrected chi connectivity index (χ3v) is 4.07. The number of nitrogens with one attached hydrogen (secondary N) is 1. The first-order chi connectivity index (χ1) is 8.48. The molecule has 0 amide bonds. The van der Waals surface area contributed by atoms with Crippen LogP contribution < -0.4 is 5.32 Å². The molecule has 18 heavy (non-hydrogen) atoms. The summed E-state index contributed by atoms with van der Waals surface area (Å²) in [7, 11) is -2.88. The Labute approximate surface area is 108 Å². The lowest BCUT2D eigenvalue weighted by atomic mass is 10.1. The van der Waals surface area contributed by atoms with Gasteiger partial charge in [-0.3, -0.25) is 0 Å². The summed E-state index contributed by atoms with van der Waals surface area (Å²) in [5.41, 5.74) is 0. The quantitative estimate of drug-likeness (QED) is 0.802. The normalized spacial score (nSPS) is 19.8. The van der Waals surface area contributed by atoms with E-state index in [1.54, 1.807) is 0 Å². The average Bonchev–Trinajstić information content (AvgIpc) is 2.69. The van der Waals surface area contributed by atoms with Crippen molar-refractivity contribution in [2.24, 2.45) is 0 Å². The largest absolute Gasteiger partial charge is 0.311 e. The van der Waals surface area contributed by atoms with Gasteiger partial charge in [0.15, 0.2) is 5.82 Å². The predicted octanol–water partition coefficient (Wildman–Crippen LogP) is -0.210. The molecule has 1 aromatic heterocycles. The summed E-state index contributed by atoms with van der Waals surface area (Å²) in [6.07, 6.45) is 4.01. The number of rotatable bonds is 5. The first kappa shape index (κ1) is 13.5. The van der Waals surface area contributed by atoms with Crippen LogP contribution in [0.5, 0.6) is 0 Å². The van der Waals surface area contributed by atoms with E-state index in [1.165, 1.54) is 6.26 Å². The Morgan fingerprint density at radius 3 is 2.94 bits per heavy atom. The Balaban J connectivity index is 1.87. The third kappa shape index (κ3) is 3.52. The fraction of sp³-hybridized carbons (Fsp3) is 0.818. The molecule has 102 valence electrons. The summed E-state index contributed by atoms with van der Waals surface area (Å²) in [6.45, 7) is 3.34. The molecule has 0 fully saturated rings. The number of aromatic nitrogens is 3. The van der Waals surface area contributed by atoms with Crippen molar-refractivity contribution in [2.45, 2.75) is 38.8 Å². The molecule has 1 aliphatic heterocycles. The topological polar surface area (TPSA) is 76.9 Å². The molecule has 0 aliphatic carbocycles. The van der Waals surface area contributed by atoms with Crippen LogP contribution in [0.3, 0.4) is 0 Å². The van der Waals surface area contributed by atoms with E-state index in [0.717, 1.165) is 37.5 Å². The lowest BCUT2D eigenvalue weighted by Crippen LogP contribution is -2.39. The molecule has 1 N–H and O–H groups in total. The van der Waals surface area contributed by atoms with Gasteiger partial charge in [0.25, 0.3) is 0 Å². The minimum Gasteiger partial charge on any atom is -0.311 e. The van der Waals surface area contributed by atoms with Gasteiger partial charge in [-0.25, -0.2) is 18.1 Å². The van der Waals surface area contributed by atoms with Gasteiger partial charge in [0.2, 0.25) is 0 Å². The highest BCUT2D eigenvalue weighted by Crippen LogP contribution is 2.13. The van der Waals surface area contributed by atoms with E-state index < -0.39 is 9.84 Å². The first-order valence-corrected chi connectivity index (χ1v) is 8.37. The summed E-state index contributed by atoms with van der Waals surface area (Å²) < 4.78 is 24.0. The maximum Gasteiger partial charge on any atom is 0.150 e. The highest BCUT2D eigenvalue weighted by atomic mass is 32.2. The van der Waals surface area contributed by atoms with E-state index in [4.69, 9.17) is 0 Å². The molecule has 2 heterocycles. The molecule has 6 nitrogen and oxygen atoms in total. The van der Waals surface area contributed by atoms with E-state index >= 15 is 0 Å². The zero-order valence-electron chi connectivity index (χ0n) is 10.9. The SMILES string of the molecule is CCc1nc2n(n1)CC(NCCS(C)(=O)=O)CC2. The van der Waals surface area contributed by atoms with Crippen LogP contribution in [0.1, 0.15) is 25.0 Å². The lowest BCUT2D eigenvalue weighted by Gasteiger charge is -2.23. The fourth-order valence-electron chi connectivity index (χ4n) is 2.13. The minimum atomic E-state index is -2.88. The van der Waals surface area contributed by atoms with Gasteiger partial charge in [0, 0.05) is 31.7 Å². The first-order valence-electron chi connectivity index (χ1n) is 6.31. The van der Waals surface area contributed by atoms with Crippen molar-refractivity contribution in [2.75, 3.05) is 18.6 Å². The van der Waals surface area contributed by atoms with Crippen LogP contribution in [-0.2, 0) is 29.2 Å². The summed E-state index contributed by atoms with van der Waals surface area (Å²) in [4.78, 5) is 4.45. The van der Waals surface area contributed by atoms with Crippen LogP contribution >= 0.6 is 0 Å². The molecule has 0 aromatic carbocycles. The van der Waals surface area contributed by atoms with E-state index in [2.05, 4.69) is 15.4 Å². The van der Waals surface area contributed by atoms with Gasteiger partial charge < -0.3 is 5.32 Å². The molecule has 0 saturated heterocycles. The number of fused-ring (bicyclic) bond motifs is 1. The molecule has 0 saturated carbocycles. The molecule has 0 bridgehead atoms. The van der Waals surface area contributed by atoms with Crippen molar-refractivity contribution >= 4 is 9.84 Å². The van der Waals surface area contributed by atoms with Crippen LogP contribution in [0, 0.1) is 0 Å². The number of hydrogen-bond donors (Lipinski definition) is 1. The second-order valence-corrected chi connectivity index (χ2v) is 7.06.